The summed E-state index contributed by atoms with van der Waals surface area (Å²) in [7, 11) is 0. The Hall–Kier alpha value is -2.15. The van der Waals surface area contributed by atoms with E-state index in [1.165, 1.54) is 12.1 Å². The third-order valence-electron chi connectivity index (χ3n) is 3.12. The van der Waals surface area contributed by atoms with Crippen LogP contribution in [0.1, 0.15) is 23.2 Å². The van der Waals surface area contributed by atoms with Gasteiger partial charge in [0.1, 0.15) is 12.9 Å². The number of carbonyl (C=O) groups excluding carboxylic acids is 1. The van der Waals surface area contributed by atoms with E-state index in [0.717, 1.165) is 6.26 Å². The summed E-state index contributed by atoms with van der Waals surface area (Å²) < 4.78 is 9.86. The van der Waals surface area contributed by atoms with Crippen molar-refractivity contribution in [3.8, 4) is 0 Å². The van der Waals surface area contributed by atoms with Gasteiger partial charge in [-0.1, -0.05) is 0 Å². The van der Waals surface area contributed by atoms with E-state index < -0.39 is 11.6 Å². The summed E-state index contributed by atoms with van der Waals surface area (Å²) in [6, 6.07) is 2.64. The molecule has 0 aromatic carbocycles. The summed E-state index contributed by atoms with van der Waals surface area (Å²) >= 11 is 0. The minimum absolute atomic E-state index is 0.135. The minimum atomic E-state index is -0.997. The van der Waals surface area contributed by atoms with E-state index >= 15 is 0 Å². The fourth-order valence-corrected chi connectivity index (χ4v) is 2.08. The lowest BCUT2D eigenvalue weighted by molar-refractivity contribution is -0.145. The fourth-order valence-electron chi connectivity index (χ4n) is 2.08. The van der Waals surface area contributed by atoms with E-state index in [2.05, 4.69) is 4.42 Å². The second-order valence-electron chi connectivity index (χ2n) is 4.54. The number of rotatable bonds is 4. The molecule has 0 radical (unpaired) electrons. The topological polar surface area (TPSA) is 97.0 Å². The van der Waals surface area contributed by atoms with Crippen molar-refractivity contribution in [3.63, 3.8) is 0 Å². The van der Waals surface area contributed by atoms with Crippen molar-refractivity contribution in [1.82, 2.24) is 4.90 Å². The molecule has 2 heterocycles. The van der Waals surface area contributed by atoms with E-state index in [-0.39, 0.29) is 18.6 Å². The summed E-state index contributed by atoms with van der Waals surface area (Å²) in [6.07, 6.45) is 2.20. The first kappa shape index (κ1) is 14.3. The van der Waals surface area contributed by atoms with Crippen molar-refractivity contribution >= 4 is 11.9 Å². The molecule has 1 aliphatic rings. The molecule has 1 fully saturated rings. The van der Waals surface area contributed by atoms with Gasteiger partial charge in [0.25, 0.3) is 5.91 Å². The van der Waals surface area contributed by atoms with Gasteiger partial charge >= 0.3 is 11.6 Å². The number of piperidine rings is 1. The highest BCUT2D eigenvalue weighted by Crippen LogP contribution is 2.16. The number of carbonyl (C=O) groups is 2. The highest BCUT2D eigenvalue weighted by atomic mass is 16.5. The van der Waals surface area contributed by atoms with Gasteiger partial charge in [-0.25, -0.2) is 9.59 Å². The molecule has 20 heavy (non-hydrogen) atoms. The van der Waals surface area contributed by atoms with E-state index in [1.54, 1.807) is 4.90 Å². The van der Waals surface area contributed by atoms with Crippen molar-refractivity contribution in [2.45, 2.75) is 18.9 Å². The number of nitrogens with zero attached hydrogens (tertiary/aromatic N) is 1. The molecule has 1 aliphatic heterocycles. The number of aliphatic carboxylic acids is 1. The Morgan fingerprint density at radius 3 is 2.60 bits per heavy atom. The first-order valence-electron chi connectivity index (χ1n) is 6.28. The van der Waals surface area contributed by atoms with Gasteiger partial charge in [-0.15, -0.1) is 0 Å². The molecule has 1 amide bonds. The fraction of sp³-hybridized carbons (Fsp3) is 0.462. The Balaban J connectivity index is 1.87. The van der Waals surface area contributed by atoms with Crippen molar-refractivity contribution in [1.29, 1.82) is 0 Å². The third kappa shape index (κ3) is 3.67. The first-order chi connectivity index (χ1) is 9.56. The molecule has 0 spiro atoms. The smallest absolute Gasteiger partial charge is 0.335 e. The molecule has 2 rings (SSSR count). The number of amides is 1. The standard InChI is InChI=1S/C13H15NO6/c15-11(16)8-19-10-3-5-14(6-4-10)13(18)9-1-2-12(17)20-7-9/h1-2,7,10H,3-6,8H2,(H,15,16). The van der Waals surface area contributed by atoms with Crippen molar-refractivity contribution in [2.75, 3.05) is 19.7 Å². The van der Waals surface area contributed by atoms with Crippen LogP contribution in [-0.2, 0) is 9.53 Å². The maximum Gasteiger partial charge on any atom is 0.335 e. The second-order valence-corrected chi connectivity index (χ2v) is 4.54. The molecule has 1 saturated heterocycles. The van der Waals surface area contributed by atoms with Crippen molar-refractivity contribution in [3.05, 3.63) is 34.4 Å². The molecule has 0 aliphatic carbocycles. The Morgan fingerprint density at radius 2 is 2.05 bits per heavy atom. The molecule has 1 N–H and O–H groups in total. The van der Waals surface area contributed by atoms with Crippen LogP contribution in [0.3, 0.4) is 0 Å². The van der Waals surface area contributed by atoms with Gasteiger partial charge in [-0.2, -0.15) is 0 Å². The number of carboxylic acids is 1. The second kappa shape index (κ2) is 6.33. The predicted molar refractivity (Wildman–Crippen MR) is 67.5 cm³/mol. The molecule has 1 aromatic heterocycles. The van der Waals surface area contributed by atoms with E-state index in [0.29, 0.717) is 31.5 Å². The summed E-state index contributed by atoms with van der Waals surface area (Å²) in [5, 5.41) is 8.53. The van der Waals surface area contributed by atoms with Crippen LogP contribution in [-0.4, -0.2) is 47.7 Å². The zero-order chi connectivity index (χ0) is 14.5. The number of hydrogen-bond donors (Lipinski definition) is 1. The summed E-state index contributed by atoms with van der Waals surface area (Å²) in [4.78, 5) is 35.0. The molecule has 7 heteroatoms. The van der Waals surface area contributed by atoms with Gasteiger partial charge in [0.15, 0.2) is 0 Å². The highest BCUT2D eigenvalue weighted by Gasteiger charge is 2.24. The Morgan fingerprint density at radius 1 is 1.35 bits per heavy atom. The lowest BCUT2D eigenvalue weighted by atomic mass is 10.1. The van der Waals surface area contributed by atoms with Gasteiger partial charge in [-0.3, -0.25) is 4.79 Å². The molecule has 0 atom stereocenters. The maximum atomic E-state index is 12.1. The predicted octanol–water partition coefficient (Wildman–Crippen LogP) is 0.346. The lowest BCUT2D eigenvalue weighted by Gasteiger charge is -2.31. The van der Waals surface area contributed by atoms with Crippen LogP contribution >= 0.6 is 0 Å². The van der Waals surface area contributed by atoms with Gasteiger partial charge < -0.3 is 19.2 Å². The molecular weight excluding hydrogens is 266 g/mol. The molecule has 7 nitrogen and oxygen atoms in total. The summed E-state index contributed by atoms with van der Waals surface area (Å²) in [5.41, 5.74) is -0.170. The van der Waals surface area contributed by atoms with Crippen LogP contribution < -0.4 is 5.63 Å². The van der Waals surface area contributed by atoms with E-state index in [1.807, 2.05) is 0 Å². The molecule has 0 bridgehead atoms. The van der Waals surface area contributed by atoms with Crippen LogP contribution in [0.25, 0.3) is 0 Å². The van der Waals surface area contributed by atoms with Crippen molar-refractivity contribution in [2.24, 2.45) is 0 Å². The molecular formula is C13H15NO6. The van der Waals surface area contributed by atoms with Crippen LogP contribution in [0.5, 0.6) is 0 Å². The number of hydrogen-bond acceptors (Lipinski definition) is 5. The maximum absolute atomic E-state index is 12.1. The highest BCUT2D eigenvalue weighted by molar-refractivity contribution is 5.93. The monoisotopic (exact) mass is 281 g/mol. The Bertz CT molecular complexity index is 524. The summed E-state index contributed by atoms with van der Waals surface area (Å²) in [6.45, 7) is 0.660. The van der Waals surface area contributed by atoms with E-state index in [9.17, 15) is 14.4 Å². The molecule has 0 saturated carbocycles. The van der Waals surface area contributed by atoms with Gasteiger partial charge in [0.05, 0.1) is 11.7 Å². The van der Waals surface area contributed by atoms with Gasteiger partial charge in [0.2, 0.25) is 0 Å². The third-order valence-corrected chi connectivity index (χ3v) is 3.12. The van der Waals surface area contributed by atoms with Crippen LogP contribution in [0.15, 0.2) is 27.6 Å². The van der Waals surface area contributed by atoms with Gasteiger partial charge in [0, 0.05) is 19.2 Å². The normalized spacial score (nSPS) is 16.1. The average molecular weight is 281 g/mol. The SMILES string of the molecule is O=C(O)COC1CCN(C(=O)c2ccc(=O)oc2)CC1. The zero-order valence-corrected chi connectivity index (χ0v) is 10.8. The summed E-state index contributed by atoms with van der Waals surface area (Å²) in [5.74, 6) is -1.20. The van der Waals surface area contributed by atoms with Crippen molar-refractivity contribution < 1.29 is 23.8 Å². The quantitative estimate of drug-likeness (QED) is 0.855. The van der Waals surface area contributed by atoms with Crippen LogP contribution in [0, 0.1) is 0 Å². The number of likely N-dealkylation sites (tertiary alicyclic amines) is 1. The number of carboxylic acid groups (broad SMARTS) is 1. The Kier molecular flexibility index (Phi) is 4.52. The molecule has 1 aromatic rings. The van der Waals surface area contributed by atoms with E-state index in [4.69, 9.17) is 9.84 Å². The largest absolute Gasteiger partial charge is 0.480 e. The van der Waals surface area contributed by atoms with Crippen LogP contribution in [0.4, 0.5) is 0 Å². The average Bonchev–Trinajstić information content (AvgIpc) is 2.46. The number of ether oxygens (including phenoxy) is 1. The molecule has 0 unspecified atom stereocenters. The molecule has 108 valence electrons. The Labute approximate surface area is 114 Å². The van der Waals surface area contributed by atoms with Crippen LogP contribution in [0.2, 0.25) is 0 Å². The first-order valence-corrected chi connectivity index (χ1v) is 6.28. The zero-order valence-electron chi connectivity index (χ0n) is 10.8. The minimum Gasteiger partial charge on any atom is -0.480 e. The van der Waals surface area contributed by atoms with Gasteiger partial charge in [-0.05, 0) is 18.9 Å². The lowest BCUT2D eigenvalue weighted by Crippen LogP contribution is -2.41.